The van der Waals surface area contributed by atoms with Crippen LogP contribution >= 0.6 is 0 Å². The largest absolute Gasteiger partial charge is 0.356 e. The standard InChI is InChI=1S/C13H28N2O/c1-4-5-6-7-9-14-10-8-13(16)15-11-12(2)3/h12,14H,4-11H2,1-3H3,(H,15,16). The van der Waals surface area contributed by atoms with Gasteiger partial charge in [0.15, 0.2) is 0 Å². The summed E-state index contributed by atoms with van der Waals surface area (Å²) in [5.74, 6) is 0.695. The highest BCUT2D eigenvalue weighted by Crippen LogP contribution is 1.96. The fourth-order valence-corrected chi connectivity index (χ4v) is 1.41. The van der Waals surface area contributed by atoms with Crippen LogP contribution in [0.15, 0.2) is 0 Å². The molecular weight excluding hydrogens is 200 g/mol. The monoisotopic (exact) mass is 228 g/mol. The van der Waals surface area contributed by atoms with Crippen LogP contribution in [-0.4, -0.2) is 25.5 Å². The highest BCUT2D eigenvalue weighted by atomic mass is 16.1. The highest BCUT2D eigenvalue weighted by Gasteiger charge is 2.01. The van der Waals surface area contributed by atoms with Gasteiger partial charge in [0.25, 0.3) is 0 Å². The molecule has 16 heavy (non-hydrogen) atoms. The van der Waals surface area contributed by atoms with E-state index in [1.54, 1.807) is 0 Å². The lowest BCUT2D eigenvalue weighted by Crippen LogP contribution is -2.30. The Balaban J connectivity index is 3.15. The number of nitrogens with one attached hydrogen (secondary N) is 2. The fraction of sp³-hybridized carbons (Fsp3) is 0.923. The third-order valence-corrected chi connectivity index (χ3v) is 2.44. The zero-order valence-electron chi connectivity index (χ0n) is 11.1. The summed E-state index contributed by atoms with van der Waals surface area (Å²) in [5, 5.41) is 6.22. The van der Waals surface area contributed by atoms with E-state index >= 15 is 0 Å². The van der Waals surface area contributed by atoms with Gasteiger partial charge in [-0.1, -0.05) is 40.0 Å². The number of unbranched alkanes of at least 4 members (excludes halogenated alkanes) is 3. The zero-order valence-corrected chi connectivity index (χ0v) is 11.1. The van der Waals surface area contributed by atoms with Crippen molar-refractivity contribution >= 4 is 5.91 Å². The topological polar surface area (TPSA) is 41.1 Å². The Morgan fingerprint density at radius 1 is 1.12 bits per heavy atom. The van der Waals surface area contributed by atoms with Crippen LogP contribution in [0.5, 0.6) is 0 Å². The lowest BCUT2D eigenvalue weighted by atomic mass is 10.2. The molecule has 0 heterocycles. The predicted molar refractivity (Wildman–Crippen MR) is 69.5 cm³/mol. The minimum absolute atomic E-state index is 0.162. The van der Waals surface area contributed by atoms with E-state index in [1.165, 1.54) is 25.7 Å². The van der Waals surface area contributed by atoms with E-state index in [0.717, 1.165) is 19.6 Å². The second-order valence-corrected chi connectivity index (χ2v) is 4.76. The van der Waals surface area contributed by atoms with Crippen LogP contribution in [0, 0.1) is 5.92 Å². The van der Waals surface area contributed by atoms with Gasteiger partial charge < -0.3 is 10.6 Å². The van der Waals surface area contributed by atoms with Gasteiger partial charge in [0, 0.05) is 19.5 Å². The summed E-state index contributed by atoms with van der Waals surface area (Å²) in [7, 11) is 0. The predicted octanol–water partition coefficient (Wildman–Crippen LogP) is 2.32. The van der Waals surface area contributed by atoms with Crippen molar-refractivity contribution < 1.29 is 4.79 Å². The average Bonchev–Trinajstić information content (AvgIpc) is 2.25. The van der Waals surface area contributed by atoms with Crippen molar-refractivity contribution in [3.05, 3.63) is 0 Å². The van der Waals surface area contributed by atoms with Crippen molar-refractivity contribution in [2.75, 3.05) is 19.6 Å². The third-order valence-electron chi connectivity index (χ3n) is 2.44. The van der Waals surface area contributed by atoms with E-state index < -0.39 is 0 Å². The summed E-state index contributed by atoms with van der Waals surface area (Å²) in [6.07, 6.45) is 5.71. The molecule has 2 N–H and O–H groups in total. The maximum atomic E-state index is 11.3. The van der Waals surface area contributed by atoms with Gasteiger partial charge in [-0.05, 0) is 18.9 Å². The molecule has 0 atom stereocenters. The minimum Gasteiger partial charge on any atom is -0.356 e. The Morgan fingerprint density at radius 3 is 2.50 bits per heavy atom. The summed E-state index contributed by atoms with van der Waals surface area (Å²) in [5.41, 5.74) is 0. The van der Waals surface area contributed by atoms with Gasteiger partial charge in [0.1, 0.15) is 0 Å². The number of carbonyl (C=O) groups excluding carboxylic acids is 1. The summed E-state index contributed by atoms with van der Waals surface area (Å²) in [4.78, 5) is 11.3. The molecule has 0 saturated carbocycles. The maximum absolute atomic E-state index is 11.3. The first-order chi connectivity index (χ1) is 7.66. The van der Waals surface area contributed by atoms with Crippen molar-refractivity contribution in [3.8, 4) is 0 Å². The number of hydrogen-bond donors (Lipinski definition) is 2. The first-order valence-electron chi connectivity index (χ1n) is 6.64. The first kappa shape index (κ1) is 15.4. The second-order valence-electron chi connectivity index (χ2n) is 4.76. The number of rotatable bonds is 10. The first-order valence-corrected chi connectivity index (χ1v) is 6.64. The second kappa shape index (κ2) is 10.9. The van der Waals surface area contributed by atoms with Crippen LogP contribution in [0.3, 0.4) is 0 Å². The maximum Gasteiger partial charge on any atom is 0.221 e. The Bertz CT molecular complexity index is 169. The highest BCUT2D eigenvalue weighted by molar-refractivity contribution is 5.76. The summed E-state index contributed by atoms with van der Waals surface area (Å²) in [6, 6.07) is 0. The quantitative estimate of drug-likeness (QED) is 0.563. The summed E-state index contributed by atoms with van der Waals surface area (Å²) >= 11 is 0. The molecule has 0 fully saturated rings. The Kier molecular flexibility index (Phi) is 10.5. The van der Waals surface area contributed by atoms with Gasteiger partial charge in [-0.15, -0.1) is 0 Å². The number of hydrogen-bond acceptors (Lipinski definition) is 2. The molecule has 0 rings (SSSR count). The van der Waals surface area contributed by atoms with Crippen LogP contribution in [0.25, 0.3) is 0 Å². The van der Waals surface area contributed by atoms with E-state index in [9.17, 15) is 4.79 Å². The minimum atomic E-state index is 0.162. The summed E-state index contributed by atoms with van der Waals surface area (Å²) < 4.78 is 0. The average molecular weight is 228 g/mol. The lowest BCUT2D eigenvalue weighted by molar-refractivity contribution is -0.121. The van der Waals surface area contributed by atoms with Gasteiger partial charge >= 0.3 is 0 Å². The molecule has 0 aliphatic heterocycles. The smallest absolute Gasteiger partial charge is 0.221 e. The Labute approximate surface area is 100 Å². The van der Waals surface area contributed by atoms with Crippen LogP contribution in [0.2, 0.25) is 0 Å². The van der Waals surface area contributed by atoms with E-state index in [1.807, 2.05) is 0 Å². The molecule has 3 nitrogen and oxygen atoms in total. The van der Waals surface area contributed by atoms with Crippen LogP contribution in [-0.2, 0) is 4.79 Å². The molecule has 1 amide bonds. The number of carbonyl (C=O) groups is 1. The lowest BCUT2D eigenvalue weighted by Gasteiger charge is -2.08. The molecule has 0 radical (unpaired) electrons. The van der Waals surface area contributed by atoms with Gasteiger partial charge in [0.05, 0.1) is 0 Å². The molecule has 0 aromatic heterocycles. The normalized spacial score (nSPS) is 10.8. The molecule has 0 aromatic rings. The van der Waals surface area contributed by atoms with E-state index in [4.69, 9.17) is 0 Å². The van der Waals surface area contributed by atoms with Crippen LogP contribution in [0.1, 0.15) is 52.9 Å². The van der Waals surface area contributed by atoms with Gasteiger partial charge in [-0.25, -0.2) is 0 Å². The van der Waals surface area contributed by atoms with Crippen LogP contribution < -0.4 is 10.6 Å². The molecule has 0 saturated heterocycles. The molecule has 0 bridgehead atoms. The van der Waals surface area contributed by atoms with E-state index in [-0.39, 0.29) is 5.91 Å². The van der Waals surface area contributed by atoms with Crippen molar-refractivity contribution in [3.63, 3.8) is 0 Å². The van der Waals surface area contributed by atoms with Crippen molar-refractivity contribution in [2.45, 2.75) is 52.9 Å². The summed E-state index contributed by atoms with van der Waals surface area (Å²) in [6.45, 7) is 9.05. The SMILES string of the molecule is CCCCCCNCCC(=O)NCC(C)C. The zero-order chi connectivity index (χ0) is 12.2. The molecular formula is C13H28N2O. The van der Waals surface area contributed by atoms with Crippen molar-refractivity contribution in [1.29, 1.82) is 0 Å². The third kappa shape index (κ3) is 11.5. The van der Waals surface area contributed by atoms with Crippen molar-refractivity contribution in [2.24, 2.45) is 5.92 Å². The fourth-order valence-electron chi connectivity index (χ4n) is 1.41. The van der Waals surface area contributed by atoms with E-state index in [0.29, 0.717) is 12.3 Å². The van der Waals surface area contributed by atoms with Gasteiger partial charge in [-0.2, -0.15) is 0 Å². The molecule has 0 aliphatic rings. The molecule has 0 aromatic carbocycles. The molecule has 0 spiro atoms. The number of amides is 1. The van der Waals surface area contributed by atoms with Gasteiger partial charge in [0.2, 0.25) is 5.91 Å². The van der Waals surface area contributed by atoms with E-state index in [2.05, 4.69) is 31.4 Å². The molecule has 0 aliphatic carbocycles. The van der Waals surface area contributed by atoms with Crippen LogP contribution in [0.4, 0.5) is 0 Å². The molecule has 0 unspecified atom stereocenters. The molecule has 96 valence electrons. The van der Waals surface area contributed by atoms with Gasteiger partial charge in [-0.3, -0.25) is 4.79 Å². The van der Waals surface area contributed by atoms with Crippen molar-refractivity contribution in [1.82, 2.24) is 10.6 Å². The Hall–Kier alpha value is -0.570. The molecule has 3 heteroatoms. The Morgan fingerprint density at radius 2 is 1.88 bits per heavy atom.